The molecule has 1 aliphatic rings. The van der Waals surface area contributed by atoms with E-state index < -0.39 is 12.6 Å². The molecule has 2 heterocycles. The maximum Gasteiger partial charge on any atom is 0.390 e. The molecular formula is C29H27F3N6OS. The van der Waals surface area contributed by atoms with Crippen LogP contribution in [0.15, 0.2) is 60.9 Å². The number of thiazole rings is 1. The van der Waals surface area contributed by atoms with Crippen molar-refractivity contribution >= 4 is 22.4 Å². The predicted octanol–water partition coefficient (Wildman–Crippen LogP) is 5.92. The van der Waals surface area contributed by atoms with Crippen molar-refractivity contribution in [3.05, 3.63) is 88.2 Å². The molecule has 0 saturated heterocycles. The molecule has 2 aromatic heterocycles. The summed E-state index contributed by atoms with van der Waals surface area (Å²) in [4.78, 5) is 20.4. The van der Waals surface area contributed by atoms with Crippen LogP contribution >= 0.6 is 11.3 Å². The van der Waals surface area contributed by atoms with Gasteiger partial charge in [-0.05, 0) is 61.7 Å². The van der Waals surface area contributed by atoms with E-state index in [1.54, 1.807) is 41.0 Å². The van der Waals surface area contributed by atoms with E-state index in [-0.39, 0.29) is 18.5 Å². The molecule has 11 heteroatoms. The number of hydrogen-bond donors (Lipinski definition) is 1. The second-order valence-corrected chi connectivity index (χ2v) is 11.0. The molecular weight excluding hydrogens is 537 g/mol. The highest BCUT2D eigenvalue weighted by molar-refractivity contribution is 7.15. The average Bonchev–Trinajstić information content (AvgIpc) is 3.57. The van der Waals surface area contributed by atoms with E-state index in [9.17, 15) is 18.0 Å². The molecule has 0 spiro atoms. The summed E-state index contributed by atoms with van der Waals surface area (Å²) in [7, 11) is 1.73. The zero-order valence-electron chi connectivity index (χ0n) is 21.8. The van der Waals surface area contributed by atoms with Gasteiger partial charge in [-0.2, -0.15) is 23.5 Å². The van der Waals surface area contributed by atoms with E-state index in [0.29, 0.717) is 35.6 Å². The summed E-state index contributed by atoms with van der Waals surface area (Å²) in [6, 6.07) is 16.7. The van der Waals surface area contributed by atoms with Crippen molar-refractivity contribution in [3.8, 4) is 17.2 Å². The van der Waals surface area contributed by atoms with Gasteiger partial charge in [0.1, 0.15) is 0 Å². The molecule has 0 aliphatic heterocycles. The highest BCUT2D eigenvalue weighted by Crippen LogP contribution is 2.32. The number of amides is 1. The Balaban J connectivity index is 1.20. The van der Waals surface area contributed by atoms with Gasteiger partial charge in [0.2, 0.25) is 0 Å². The van der Waals surface area contributed by atoms with Crippen molar-refractivity contribution in [1.82, 2.24) is 19.7 Å². The summed E-state index contributed by atoms with van der Waals surface area (Å²) in [5.41, 5.74) is 4.80. The number of hydrogen-bond acceptors (Lipinski definition) is 6. The summed E-state index contributed by atoms with van der Waals surface area (Å²) in [6.07, 6.45) is 0.729. The van der Waals surface area contributed by atoms with Crippen LogP contribution in [0, 0.1) is 11.3 Å². The van der Waals surface area contributed by atoms with Crippen LogP contribution in [-0.4, -0.2) is 51.4 Å². The second kappa shape index (κ2) is 11.6. The van der Waals surface area contributed by atoms with E-state index in [1.165, 1.54) is 11.3 Å². The molecule has 4 aromatic rings. The molecule has 1 atom stereocenters. The largest absolute Gasteiger partial charge is 0.390 e. The number of halogens is 3. The first-order chi connectivity index (χ1) is 19.2. The van der Waals surface area contributed by atoms with Gasteiger partial charge in [-0.1, -0.05) is 24.3 Å². The third kappa shape index (κ3) is 6.76. The molecule has 0 fully saturated rings. The van der Waals surface area contributed by atoms with Gasteiger partial charge in [0, 0.05) is 34.8 Å². The molecule has 2 aromatic carbocycles. The monoisotopic (exact) mass is 564 g/mol. The molecule has 0 saturated carbocycles. The Labute approximate surface area is 233 Å². The summed E-state index contributed by atoms with van der Waals surface area (Å²) in [5, 5.41) is 16.8. The fourth-order valence-corrected chi connectivity index (χ4v) is 5.85. The molecule has 206 valence electrons. The second-order valence-electron chi connectivity index (χ2n) is 9.90. The fourth-order valence-electron chi connectivity index (χ4n) is 4.78. The van der Waals surface area contributed by atoms with E-state index in [4.69, 9.17) is 5.26 Å². The molecule has 0 bridgehead atoms. The Morgan fingerprint density at radius 2 is 2.02 bits per heavy atom. The summed E-state index contributed by atoms with van der Waals surface area (Å²) >= 11 is 1.39. The van der Waals surface area contributed by atoms with Crippen molar-refractivity contribution in [1.29, 1.82) is 5.26 Å². The van der Waals surface area contributed by atoms with E-state index >= 15 is 0 Å². The number of aryl methyl sites for hydroxylation is 1. The SMILES string of the molecule is CN(CCC(F)(F)F)C1CCc2nc(NC(=O)c3cccc(Cn4cc(-c5ccc(C#N)cc5)cn4)c3)sc2C1. The minimum Gasteiger partial charge on any atom is -0.303 e. The zero-order valence-corrected chi connectivity index (χ0v) is 22.6. The highest BCUT2D eigenvalue weighted by atomic mass is 32.1. The number of rotatable bonds is 8. The summed E-state index contributed by atoms with van der Waals surface area (Å²) in [6.45, 7) is 0.448. The number of aromatic nitrogens is 3. The van der Waals surface area contributed by atoms with Crippen molar-refractivity contribution in [2.45, 2.75) is 44.4 Å². The lowest BCUT2D eigenvalue weighted by Crippen LogP contribution is -2.38. The van der Waals surface area contributed by atoms with Crippen LogP contribution in [0.5, 0.6) is 0 Å². The number of likely N-dealkylation sites (N-methyl/N-ethyl adjacent to an activating group) is 1. The van der Waals surface area contributed by atoms with Gasteiger partial charge < -0.3 is 4.90 Å². The number of alkyl halides is 3. The Morgan fingerprint density at radius 3 is 2.77 bits per heavy atom. The van der Waals surface area contributed by atoms with Gasteiger partial charge in [-0.15, -0.1) is 11.3 Å². The minimum atomic E-state index is -4.17. The molecule has 0 radical (unpaired) electrons. The van der Waals surface area contributed by atoms with E-state index in [2.05, 4.69) is 21.5 Å². The van der Waals surface area contributed by atoms with Gasteiger partial charge in [-0.3, -0.25) is 14.8 Å². The predicted molar refractivity (Wildman–Crippen MR) is 147 cm³/mol. The van der Waals surface area contributed by atoms with E-state index in [1.807, 2.05) is 36.5 Å². The number of nitrogens with one attached hydrogen (secondary N) is 1. The Morgan fingerprint density at radius 1 is 1.23 bits per heavy atom. The number of nitriles is 1. The lowest BCUT2D eigenvalue weighted by Gasteiger charge is -2.30. The first-order valence-corrected chi connectivity index (χ1v) is 13.7. The van der Waals surface area contributed by atoms with Crippen LogP contribution < -0.4 is 5.32 Å². The third-order valence-electron chi connectivity index (χ3n) is 7.02. The number of nitrogens with zero attached hydrogens (tertiary/aromatic N) is 5. The first-order valence-electron chi connectivity index (χ1n) is 12.9. The fraction of sp³-hybridized carbons (Fsp3) is 0.310. The molecule has 1 aliphatic carbocycles. The number of fused-ring (bicyclic) bond motifs is 1. The summed E-state index contributed by atoms with van der Waals surface area (Å²) < 4.78 is 39.7. The lowest BCUT2D eigenvalue weighted by atomic mass is 9.96. The molecule has 1 N–H and O–H groups in total. The minimum absolute atomic E-state index is 0.0234. The standard InChI is InChI=1S/C29H27F3N6OS/c1-37(12-11-29(30,31)32)24-9-10-25-26(14-24)40-28(35-25)36-27(39)22-4-2-3-20(13-22)17-38-18-23(16-34-38)21-7-5-19(15-33)6-8-21/h2-8,13,16,18,24H,9-12,14,17H2,1H3,(H,35,36,39). The highest BCUT2D eigenvalue weighted by Gasteiger charge is 2.30. The van der Waals surface area contributed by atoms with Crippen LogP contribution in [0.2, 0.25) is 0 Å². The van der Waals surface area contributed by atoms with Gasteiger partial charge in [0.25, 0.3) is 5.91 Å². The van der Waals surface area contributed by atoms with Gasteiger partial charge in [0.05, 0.1) is 36.5 Å². The quantitative estimate of drug-likeness (QED) is 0.287. The smallest absolute Gasteiger partial charge is 0.303 e. The van der Waals surface area contributed by atoms with Crippen LogP contribution in [0.3, 0.4) is 0 Å². The molecule has 1 amide bonds. The normalized spacial score (nSPS) is 15.1. The van der Waals surface area contributed by atoms with Gasteiger partial charge in [-0.25, -0.2) is 4.98 Å². The van der Waals surface area contributed by atoms with Crippen LogP contribution in [0.1, 0.15) is 44.9 Å². The Bertz CT molecular complexity index is 1540. The molecule has 5 rings (SSSR count). The van der Waals surface area contributed by atoms with Crippen molar-refractivity contribution in [2.75, 3.05) is 18.9 Å². The van der Waals surface area contributed by atoms with Gasteiger partial charge in [0.15, 0.2) is 5.13 Å². The third-order valence-corrected chi connectivity index (χ3v) is 8.06. The number of carbonyl (C=O) groups is 1. The average molecular weight is 565 g/mol. The molecule has 7 nitrogen and oxygen atoms in total. The number of benzene rings is 2. The molecule has 40 heavy (non-hydrogen) atoms. The van der Waals surface area contributed by atoms with Crippen LogP contribution in [-0.2, 0) is 19.4 Å². The maximum atomic E-state index is 13.0. The van der Waals surface area contributed by atoms with Crippen LogP contribution in [0.25, 0.3) is 11.1 Å². The zero-order chi connectivity index (χ0) is 28.3. The Hall–Kier alpha value is -4.01. The van der Waals surface area contributed by atoms with E-state index in [0.717, 1.165) is 33.7 Å². The first kappa shape index (κ1) is 27.6. The van der Waals surface area contributed by atoms with Crippen molar-refractivity contribution < 1.29 is 18.0 Å². The topological polar surface area (TPSA) is 86.8 Å². The summed E-state index contributed by atoms with van der Waals surface area (Å²) in [5.74, 6) is -0.273. The number of carbonyl (C=O) groups excluding carboxylic acids is 1. The maximum absolute atomic E-state index is 13.0. The van der Waals surface area contributed by atoms with Crippen molar-refractivity contribution in [2.24, 2.45) is 0 Å². The van der Waals surface area contributed by atoms with Crippen LogP contribution in [0.4, 0.5) is 18.3 Å². The van der Waals surface area contributed by atoms with Gasteiger partial charge >= 0.3 is 6.18 Å². The Kier molecular flexibility index (Phi) is 8.00. The van der Waals surface area contributed by atoms with Crippen molar-refractivity contribution in [3.63, 3.8) is 0 Å². The lowest BCUT2D eigenvalue weighted by molar-refractivity contribution is -0.138. The number of anilines is 1. The molecule has 1 unspecified atom stereocenters.